The lowest BCUT2D eigenvalue weighted by Crippen LogP contribution is -2.26. The summed E-state index contributed by atoms with van der Waals surface area (Å²) in [7, 11) is -0.736. The highest BCUT2D eigenvalue weighted by molar-refractivity contribution is 7.92. The van der Waals surface area contributed by atoms with Gasteiger partial charge < -0.3 is 9.64 Å². The van der Waals surface area contributed by atoms with Gasteiger partial charge in [0.1, 0.15) is 5.75 Å². The van der Waals surface area contributed by atoms with Crippen LogP contribution < -0.4 is 9.46 Å². The Hall–Kier alpha value is -2.84. The number of nitrogens with zero attached hydrogens (tertiary/aromatic N) is 1. The fourth-order valence-corrected chi connectivity index (χ4v) is 4.98. The Kier molecular flexibility index (Phi) is 6.24. The van der Waals surface area contributed by atoms with Crippen LogP contribution in [0.5, 0.6) is 5.75 Å². The molecule has 0 aliphatic carbocycles. The number of carbonyl (C=O) groups is 1. The molecular weight excluding hydrogens is 408 g/mol. The smallest absolute Gasteiger partial charge is 0.262 e. The number of ether oxygens (including phenoxy) is 1. The molecular formula is C21H22N2O4S2. The second-order valence-corrected chi connectivity index (χ2v) is 9.21. The summed E-state index contributed by atoms with van der Waals surface area (Å²) in [4.78, 5) is 15.5. The van der Waals surface area contributed by atoms with Crippen molar-refractivity contribution < 1.29 is 17.9 Å². The van der Waals surface area contributed by atoms with Crippen molar-refractivity contribution in [1.82, 2.24) is 4.90 Å². The molecule has 1 amide bonds. The molecule has 3 rings (SSSR count). The molecule has 0 saturated carbocycles. The number of methoxy groups -OCH3 is 1. The van der Waals surface area contributed by atoms with Crippen molar-refractivity contribution in [3.8, 4) is 5.75 Å². The van der Waals surface area contributed by atoms with Gasteiger partial charge in [0.05, 0.1) is 24.2 Å². The van der Waals surface area contributed by atoms with Crippen molar-refractivity contribution >= 4 is 33.0 Å². The summed E-state index contributed by atoms with van der Waals surface area (Å²) in [5.41, 5.74) is 1.20. The van der Waals surface area contributed by atoms with Gasteiger partial charge in [0.25, 0.3) is 15.9 Å². The number of benzene rings is 2. The van der Waals surface area contributed by atoms with E-state index in [0.29, 0.717) is 29.1 Å². The standard InChI is InChI=1S/C21H22N2O4S2/c1-15-10-11-16(21(24)23(2)14-17-7-6-12-28-17)13-20(15)29(25,26)22-18-8-4-5-9-19(18)27-3/h4-13,22H,14H2,1-3H3. The van der Waals surface area contributed by atoms with E-state index in [0.717, 1.165) is 4.88 Å². The van der Waals surface area contributed by atoms with Crippen LogP contribution in [0.15, 0.2) is 64.9 Å². The Morgan fingerprint density at radius 1 is 1.14 bits per heavy atom. The number of nitrogens with one attached hydrogen (secondary N) is 1. The zero-order valence-corrected chi connectivity index (χ0v) is 18.0. The highest BCUT2D eigenvalue weighted by Crippen LogP contribution is 2.27. The van der Waals surface area contributed by atoms with E-state index in [1.807, 2.05) is 17.5 Å². The summed E-state index contributed by atoms with van der Waals surface area (Å²) in [6.07, 6.45) is 0. The highest BCUT2D eigenvalue weighted by Gasteiger charge is 2.22. The van der Waals surface area contributed by atoms with Gasteiger partial charge in [0.15, 0.2) is 0 Å². The zero-order valence-electron chi connectivity index (χ0n) is 16.4. The number of amides is 1. The monoisotopic (exact) mass is 430 g/mol. The number of aryl methyl sites for hydroxylation is 1. The number of rotatable bonds is 7. The van der Waals surface area contributed by atoms with Crippen molar-refractivity contribution in [3.05, 3.63) is 76.0 Å². The quantitative estimate of drug-likeness (QED) is 0.611. The highest BCUT2D eigenvalue weighted by atomic mass is 32.2. The Morgan fingerprint density at radius 3 is 2.59 bits per heavy atom. The topological polar surface area (TPSA) is 75.7 Å². The normalized spacial score (nSPS) is 11.1. The van der Waals surface area contributed by atoms with E-state index in [9.17, 15) is 13.2 Å². The Balaban J connectivity index is 1.88. The third-order valence-electron chi connectivity index (χ3n) is 4.40. The number of para-hydroxylation sites is 2. The summed E-state index contributed by atoms with van der Waals surface area (Å²) in [5, 5.41) is 1.95. The van der Waals surface area contributed by atoms with Crippen LogP contribution >= 0.6 is 11.3 Å². The summed E-state index contributed by atoms with van der Waals surface area (Å²) < 4.78 is 33.8. The number of hydrogen-bond donors (Lipinski definition) is 1. The van der Waals surface area contributed by atoms with Crippen LogP contribution in [-0.2, 0) is 16.6 Å². The van der Waals surface area contributed by atoms with Crippen LogP contribution in [0.25, 0.3) is 0 Å². The molecule has 0 unspecified atom stereocenters. The average molecular weight is 431 g/mol. The predicted molar refractivity (Wildman–Crippen MR) is 115 cm³/mol. The molecule has 29 heavy (non-hydrogen) atoms. The molecule has 3 aromatic rings. The van der Waals surface area contributed by atoms with Crippen molar-refractivity contribution in [2.24, 2.45) is 0 Å². The molecule has 0 atom stereocenters. The first-order valence-corrected chi connectivity index (χ1v) is 11.2. The van der Waals surface area contributed by atoms with Gasteiger partial charge in [0.2, 0.25) is 0 Å². The van der Waals surface area contributed by atoms with E-state index < -0.39 is 10.0 Å². The number of carbonyl (C=O) groups excluding carboxylic acids is 1. The predicted octanol–water partition coefficient (Wildman–Crippen LogP) is 4.14. The van der Waals surface area contributed by atoms with Gasteiger partial charge >= 0.3 is 0 Å². The third-order valence-corrected chi connectivity index (χ3v) is 6.76. The maximum Gasteiger partial charge on any atom is 0.262 e. The molecule has 8 heteroatoms. The first kappa shape index (κ1) is 20.9. The number of thiophene rings is 1. The molecule has 2 aromatic carbocycles. The molecule has 0 saturated heterocycles. The largest absolute Gasteiger partial charge is 0.495 e. The molecule has 1 aromatic heterocycles. The lowest BCUT2D eigenvalue weighted by atomic mass is 10.1. The van der Waals surface area contributed by atoms with Crippen molar-refractivity contribution in [3.63, 3.8) is 0 Å². The molecule has 1 N–H and O–H groups in total. The minimum atomic E-state index is -3.91. The SMILES string of the molecule is COc1ccccc1NS(=O)(=O)c1cc(C(=O)N(C)Cc2cccs2)ccc1C. The van der Waals surface area contributed by atoms with Crippen molar-refractivity contribution in [2.75, 3.05) is 18.9 Å². The van der Waals surface area contributed by atoms with Crippen LogP contribution in [0.4, 0.5) is 5.69 Å². The fraction of sp³-hybridized carbons (Fsp3) is 0.190. The molecule has 0 fully saturated rings. The second kappa shape index (κ2) is 8.67. The van der Waals surface area contributed by atoms with E-state index in [-0.39, 0.29) is 10.8 Å². The number of hydrogen-bond acceptors (Lipinski definition) is 5. The Bertz CT molecular complexity index is 1110. The fourth-order valence-electron chi connectivity index (χ4n) is 2.88. The minimum absolute atomic E-state index is 0.0544. The molecule has 0 aliphatic heterocycles. The molecule has 0 radical (unpaired) electrons. The lowest BCUT2D eigenvalue weighted by Gasteiger charge is -2.18. The van der Waals surface area contributed by atoms with E-state index in [4.69, 9.17) is 4.74 Å². The van der Waals surface area contributed by atoms with E-state index >= 15 is 0 Å². The Labute approximate surface area is 174 Å². The second-order valence-electron chi connectivity index (χ2n) is 6.53. The first-order valence-electron chi connectivity index (χ1n) is 8.86. The number of sulfonamides is 1. The average Bonchev–Trinajstić information content (AvgIpc) is 3.20. The summed E-state index contributed by atoms with van der Waals surface area (Å²) in [6, 6.07) is 15.3. The summed E-state index contributed by atoms with van der Waals surface area (Å²) >= 11 is 1.57. The van der Waals surface area contributed by atoms with E-state index in [1.54, 1.807) is 66.6 Å². The third kappa shape index (κ3) is 4.78. The van der Waals surface area contributed by atoms with E-state index in [1.165, 1.54) is 13.2 Å². The molecule has 1 heterocycles. The van der Waals surface area contributed by atoms with Crippen molar-refractivity contribution in [2.45, 2.75) is 18.4 Å². The summed E-state index contributed by atoms with van der Waals surface area (Å²) in [6.45, 7) is 2.16. The van der Waals surface area contributed by atoms with Crippen LogP contribution in [0.1, 0.15) is 20.8 Å². The van der Waals surface area contributed by atoms with Crippen molar-refractivity contribution in [1.29, 1.82) is 0 Å². The van der Waals surface area contributed by atoms with Gasteiger partial charge in [-0.25, -0.2) is 8.42 Å². The van der Waals surface area contributed by atoms with Gasteiger partial charge in [-0.1, -0.05) is 24.3 Å². The van der Waals surface area contributed by atoms with Gasteiger partial charge in [-0.05, 0) is 48.2 Å². The zero-order chi connectivity index (χ0) is 21.0. The van der Waals surface area contributed by atoms with Gasteiger partial charge in [-0.2, -0.15) is 0 Å². The lowest BCUT2D eigenvalue weighted by molar-refractivity contribution is 0.0786. The first-order chi connectivity index (χ1) is 13.8. The van der Waals surface area contributed by atoms with Crippen LogP contribution in [-0.4, -0.2) is 33.4 Å². The maximum atomic E-state index is 13.0. The Morgan fingerprint density at radius 2 is 1.90 bits per heavy atom. The number of anilines is 1. The summed E-state index contributed by atoms with van der Waals surface area (Å²) in [5.74, 6) is 0.170. The van der Waals surface area contributed by atoms with Gasteiger partial charge in [-0.3, -0.25) is 9.52 Å². The molecule has 0 aliphatic rings. The molecule has 0 bridgehead atoms. The maximum absolute atomic E-state index is 13.0. The molecule has 0 spiro atoms. The van der Waals surface area contributed by atoms with Crippen LogP contribution in [0.2, 0.25) is 0 Å². The molecule has 152 valence electrons. The van der Waals surface area contributed by atoms with Crippen LogP contribution in [0, 0.1) is 6.92 Å². The minimum Gasteiger partial charge on any atom is -0.495 e. The molecule has 6 nitrogen and oxygen atoms in total. The van der Waals surface area contributed by atoms with Gasteiger partial charge in [0, 0.05) is 17.5 Å². The van der Waals surface area contributed by atoms with Gasteiger partial charge in [-0.15, -0.1) is 11.3 Å². The van der Waals surface area contributed by atoms with E-state index in [2.05, 4.69) is 4.72 Å². The van der Waals surface area contributed by atoms with Crippen LogP contribution in [0.3, 0.4) is 0 Å².